The maximum atomic E-state index is 12.9. The molecule has 13 heteroatoms. The third-order valence-corrected chi connectivity index (χ3v) is 6.16. The van der Waals surface area contributed by atoms with Crippen LogP contribution in [0.1, 0.15) is 40.5 Å². The summed E-state index contributed by atoms with van der Waals surface area (Å²) in [5.41, 5.74) is 7.15. The minimum atomic E-state index is -4.55. The third kappa shape index (κ3) is 4.73. The summed E-state index contributed by atoms with van der Waals surface area (Å²) in [7, 11) is 0. The first-order chi connectivity index (χ1) is 17.7. The van der Waals surface area contributed by atoms with Crippen LogP contribution in [0.5, 0.6) is 0 Å². The van der Waals surface area contributed by atoms with E-state index in [9.17, 15) is 23.2 Å². The number of nitrogen functional groups attached to an aromatic ring is 1. The van der Waals surface area contributed by atoms with Crippen LogP contribution in [0.3, 0.4) is 0 Å². The van der Waals surface area contributed by atoms with Gasteiger partial charge in [-0.15, -0.1) is 0 Å². The van der Waals surface area contributed by atoms with Crippen molar-refractivity contribution in [1.82, 2.24) is 29.5 Å². The van der Waals surface area contributed by atoms with Crippen molar-refractivity contribution >= 4 is 23.1 Å². The normalized spacial score (nSPS) is 15.9. The molecule has 1 unspecified atom stereocenters. The highest BCUT2D eigenvalue weighted by atomic mass is 19.4. The molecule has 0 aliphatic carbocycles. The van der Waals surface area contributed by atoms with Crippen LogP contribution in [-0.2, 0) is 6.18 Å². The molecule has 0 spiro atoms. The molecule has 0 saturated carbocycles. The van der Waals surface area contributed by atoms with Crippen molar-refractivity contribution < 1.29 is 18.0 Å². The fraction of sp³-hybridized carbons (Fsp3) is 0.250. The van der Waals surface area contributed by atoms with Crippen molar-refractivity contribution in [2.75, 3.05) is 24.1 Å². The zero-order chi connectivity index (χ0) is 26.2. The zero-order valence-corrected chi connectivity index (χ0v) is 19.3. The second kappa shape index (κ2) is 9.38. The van der Waals surface area contributed by atoms with Crippen LogP contribution < -0.4 is 11.1 Å². The summed E-state index contributed by atoms with van der Waals surface area (Å²) in [5.74, 6) is 0.0347. The van der Waals surface area contributed by atoms with Gasteiger partial charge in [-0.05, 0) is 37.1 Å². The van der Waals surface area contributed by atoms with Crippen molar-refractivity contribution in [3.05, 3.63) is 65.9 Å². The topological polar surface area (TPSA) is 138 Å². The average Bonchev–Trinajstić information content (AvgIpc) is 3.29. The Morgan fingerprint density at radius 1 is 1.19 bits per heavy atom. The van der Waals surface area contributed by atoms with Gasteiger partial charge in [0.1, 0.15) is 29.2 Å². The van der Waals surface area contributed by atoms with Gasteiger partial charge in [0.15, 0.2) is 12.0 Å². The average molecular weight is 507 g/mol. The third-order valence-electron chi connectivity index (χ3n) is 6.16. The van der Waals surface area contributed by atoms with E-state index in [1.54, 1.807) is 21.5 Å². The van der Waals surface area contributed by atoms with Gasteiger partial charge in [0.2, 0.25) is 0 Å². The van der Waals surface area contributed by atoms with Crippen LogP contribution in [0.2, 0.25) is 0 Å². The van der Waals surface area contributed by atoms with Gasteiger partial charge < -0.3 is 16.0 Å². The first kappa shape index (κ1) is 24.0. The molecule has 4 heterocycles. The first-order valence-electron chi connectivity index (χ1n) is 11.3. The quantitative estimate of drug-likeness (QED) is 0.399. The van der Waals surface area contributed by atoms with Crippen molar-refractivity contribution in [3.8, 4) is 17.5 Å². The lowest BCUT2D eigenvalue weighted by molar-refractivity contribution is -0.137. The van der Waals surface area contributed by atoms with Crippen LogP contribution in [-0.4, -0.2) is 48.5 Å². The largest absolute Gasteiger partial charge is 0.416 e. The van der Waals surface area contributed by atoms with E-state index in [-0.39, 0.29) is 23.1 Å². The van der Waals surface area contributed by atoms with Gasteiger partial charge in [-0.1, -0.05) is 12.1 Å². The van der Waals surface area contributed by atoms with Gasteiger partial charge in [-0.3, -0.25) is 4.79 Å². The number of benzene rings is 1. The number of carbonyl (C=O) groups excluding carboxylic acids is 1. The summed E-state index contributed by atoms with van der Waals surface area (Å²) in [6, 6.07) is 7.98. The molecule has 5 rings (SSSR count). The minimum absolute atomic E-state index is 0.0334. The van der Waals surface area contributed by atoms with Crippen molar-refractivity contribution in [2.24, 2.45) is 0 Å². The Morgan fingerprint density at radius 2 is 1.97 bits per heavy atom. The maximum absolute atomic E-state index is 12.9. The fourth-order valence-electron chi connectivity index (χ4n) is 4.36. The molecule has 0 radical (unpaired) electrons. The molecular formula is C24H20F3N9O. The van der Waals surface area contributed by atoms with Crippen LogP contribution in [0, 0.1) is 11.5 Å². The Labute approximate surface area is 208 Å². The van der Waals surface area contributed by atoms with Crippen molar-refractivity contribution in [3.63, 3.8) is 0 Å². The summed E-state index contributed by atoms with van der Waals surface area (Å²) in [5, 5.41) is 16.1. The number of piperidine rings is 1. The van der Waals surface area contributed by atoms with Crippen LogP contribution in [0.15, 0.2) is 48.9 Å². The molecule has 0 bridgehead atoms. The van der Waals surface area contributed by atoms with Crippen molar-refractivity contribution in [2.45, 2.75) is 24.9 Å². The van der Waals surface area contributed by atoms with Crippen LogP contribution in [0.25, 0.3) is 16.8 Å². The number of nitrogens with two attached hydrogens (primary N) is 1. The number of nitrogens with one attached hydrogen (secondary N) is 1. The van der Waals surface area contributed by atoms with E-state index in [1.807, 2.05) is 0 Å². The number of halogens is 3. The van der Waals surface area contributed by atoms with Gasteiger partial charge in [-0.25, -0.2) is 19.5 Å². The van der Waals surface area contributed by atoms with E-state index < -0.39 is 17.6 Å². The van der Waals surface area contributed by atoms with E-state index in [0.29, 0.717) is 35.7 Å². The van der Waals surface area contributed by atoms with Crippen LogP contribution in [0.4, 0.5) is 24.8 Å². The number of fused-ring (bicyclic) bond motifs is 1. The van der Waals surface area contributed by atoms with Gasteiger partial charge >= 0.3 is 6.18 Å². The monoisotopic (exact) mass is 507 g/mol. The lowest BCUT2D eigenvalue weighted by Gasteiger charge is -2.27. The highest BCUT2D eigenvalue weighted by Crippen LogP contribution is 2.33. The summed E-state index contributed by atoms with van der Waals surface area (Å²) in [6.07, 6.45) is 1.64. The molecule has 1 fully saturated rings. The number of aromatic nitrogens is 5. The number of nitrogens with zero attached hydrogens (tertiary/aromatic N) is 7. The molecule has 1 atom stereocenters. The smallest absolute Gasteiger partial charge is 0.382 e. The van der Waals surface area contributed by atoms with E-state index >= 15 is 0 Å². The number of rotatable bonds is 4. The molecule has 37 heavy (non-hydrogen) atoms. The second-order valence-electron chi connectivity index (χ2n) is 8.57. The number of carbonyl (C=O) groups is 1. The van der Waals surface area contributed by atoms with E-state index in [0.717, 1.165) is 31.2 Å². The standard InChI is InChI=1S/C24H20F3N9O/c25-24(26,27)17-7-8-30-18(10-17)33-23(37)15-5-3-14(4-6-15)19-20-21(29)31-13-32-36(20)22(34-19)16-2-1-9-35(11-16)12-28/h3-8,10,13,16H,1-2,9,11H2,(H2,29,31,32)(H,30,33,37). The zero-order valence-electron chi connectivity index (χ0n) is 19.3. The summed E-state index contributed by atoms with van der Waals surface area (Å²) < 4.78 is 40.5. The summed E-state index contributed by atoms with van der Waals surface area (Å²) in [4.78, 5) is 27.0. The van der Waals surface area contributed by atoms with Gasteiger partial charge in [0, 0.05) is 36.3 Å². The Hall–Kier alpha value is -4.73. The van der Waals surface area contributed by atoms with Gasteiger partial charge in [0.05, 0.1) is 5.56 Å². The van der Waals surface area contributed by atoms with Gasteiger partial charge in [0.25, 0.3) is 5.91 Å². The number of hydrogen-bond donors (Lipinski definition) is 2. The summed E-state index contributed by atoms with van der Waals surface area (Å²) in [6.45, 7) is 1.21. The summed E-state index contributed by atoms with van der Waals surface area (Å²) >= 11 is 0. The molecule has 10 nitrogen and oxygen atoms in total. The number of anilines is 2. The number of pyridine rings is 1. The lowest BCUT2D eigenvalue weighted by Crippen LogP contribution is -2.31. The minimum Gasteiger partial charge on any atom is -0.382 e. The Kier molecular flexibility index (Phi) is 6.08. The molecule has 3 N–H and O–H groups in total. The molecule has 1 aliphatic heterocycles. The molecule has 1 aliphatic rings. The Balaban J connectivity index is 1.43. The number of hydrogen-bond acceptors (Lipinski definition) is 8. The first-order valence-corrected chi connectivity index (χ1v) is 11.3. The Bertz CT molecular complexity index is 1510. The Morgan fingerprint density at radius 3 is 2.70 bits per heavy atom. The molecule has 1 aromatic carbocycles. The number of nitriles is 1. The van der Waals surface area contributed by atoms with Crippen molar-refractivity contribution in [1.29, 1.82) is 5.26 Å². The molecule has 1 saturated heterocycles. The lowest BCUT2D eigenvalue weighted by atomic mass is 9.98. The van der Waals surface area contributed by atoms with Crippen LogP contribution >= 0.6 is 0 Å². The number of amides is 1. The van der Waals surface area contributed by atoms with E-state index in [4.69, 9.17) is 10.7 Å². The number of alkyl halides is 3. The van der Waals surface area contributed by atoms with Gasteiger partial charge in [-0.2, -0.15) is 23.5 Å². The predicted molar refractivity (Wildman–Crippen MR) is 127 cm³/mol. The number of likely N-dealkylation sites (tertiary alicyclic amines) is 1. The molecule has 3 aromatic heterocycles. The van der Waals surface area contributed by atoms with E-state index in [1.165, 1.54) is 18.5 Å². The maximum Gasteiger partial charge on any atom is 0.416 e. The molecular weight excluding hydrogens is 487 g/mol. The fourth-order valence-corrected chi connectivity index (χ4v) is 4.36. The molecule has 188 valence electrons. The number of imidazole rings is 1. The predicted octanol–water partition coefficient (Wildman–Crippen LogP) is 3.70. The molecule has 1 amide bonds. The second-order valence-corrected chi connectivity index (χ2v) is 8.57. The highest BCUT2D eigenvalue weighted by Gasteiger charge is 2.31. The molecule has 4 aromatic rings. The highest BCUT2D eigenvalue weighted by molar-refractivity contribution is 6.04. The SMILES string of the molecule is N#CN1CCCC(c2nc(-c3ccc(C(=O)Nc4cc(C(F)(F)F)ccn4)cc3)c3c(N)ncnn23)C1. The van der Waals surface area contributed by atoms with E-state index in [2.05, 4.69) is 26.6 Å².